The Morgan fingerprint density at radius 3 is 2.69 bits per heavy atom. The minimum atomic E-state index is -0.488. The van der Waals surface area contributed by atoms with E-state index in [9.17, 15) is 9.18 Å². The first-order chi connectivity index (χ1) is 12.5. The molecule has 2 aromatic heterocycles. The summed E-state index contributed by atoms with van der Waals surface area (Å²) in [6.07, 6.45) is 0. The molecule has 0 amide bonds. The summed E-state index contributed by atoms with van der Waals surface area (Å²) in [5, 5.41) is 5.46. The van der Waals surface area contributed by atoms with Gasteiger partial charge in [-0.15, -0.1) is 11.3 Å². The van der Waals surface area contributed by atoms with E-state index in [1.165, 1.54) is 29.5 Å². The number of aryl methyl sites for hydroxylation is 1. The third kappa shape index (κ3) is 3.04. The van der Waals surface area contributed by atoms with Crippen LogP contribution in [0.15, 0.2) is 59.1 Å². The van der Waals surface area contributed by atoms with Crippen LogP contribution in [0.2, 0.25) is 0 Å². The van der Waals surface area contributed by atoms with Crippen LogP contribution in [0.5, 0.6) is 5.75 Å². The molecule has 0 saturated carbocycles. The van der Waals surface area contributed by atoms with Gasteiger partial charge in [-0.25, -0.2) is 13.9 Å². The largest absolute Gasteiger partial charge is 0.421 e. The lowest BCUT2D eigenvalue weighted by Crippen LogP contribution is -2.07. The van der Waals surface area contributed by atoms with E-state index in [1.807, 2.05) is 41.9 Å². The Hall–Kier alpha value is -2.51. The van der Waals surface area contributed by atoms with E-state index in [1.54, 1.807) is 6.07 Å². The highest BCUT2D eigenvalue weighted by atomic mass is 79.9. The lowest BCUT2D eigenvalue weighted by Gasteiger charge is -2.05. The lowest BCUT2D eigenvalue weighted by molar-refractivity contribution is 0.0738. The van der Waals surface area contributed by atoms with Gasteiger partial charge in [-0.2, -0.15) is 5.10 Å². The Kier molecular flexibility index (Phi) is 4.34. The van der Waals surface area contributed by atoms with Crippen molar-refractivity contribution >= 4 is 43.5 Å². The molecule has 0 N–H and O–H groups in total. The first-order valence-corrected chi connectivity index (χ1v) is 9.35. The van der Waals surface area contributed by atoms with Crippen LogP contribution in [0.1, 0.15) is 15.4 Å². The predicted molar refractivity (Wildman–Crippen MR) is 103 cm³/mol. The monoisotopic (exact) mass is 430 g/mol. The number of carbonyl (C=O) groups excluding carboxylic acids is 1. The van der Waals surface area contributed by atoms with Gasteiger partial charge in [0.25, 0.3) is 0 Å². The number of hydrogen-bond donors (Lipinski definition) is 0. The predicted octanol–water partition coefficient (Wildman–Crippen LogP) is 5.52. The van der Waals surface area contributed by atoms with Gasteiger partial charge in [0.1, 0.15) is 21.3 Å². The van der Waals surface area contributed by atoms with Crippen LogP contribution < -0.4 is 4.74 Å². The quantitative estimate of drug-likeness (QED) is 0.317. The number of aromatic nitrogens is 2. The molecular formula is C19H12BrFN2O2S. The zero-order valence-corrected chi connectivity index (χ0v) is 16.0. The van der Waals surface area contributed by atoms with Crippen molar-refractivity contribution in [1.82, 2.24) is 9.78 Å². The molecule has 4 aromatic rings. The Morgan fingerprint density at radius 2 is 1.96 bits per heavy atom. The summed E-state index contributed by atoms with van der Waals surface area (Å²) in [6, 6.07) is 15.4. The van der Waals surface area contributed by atoms with E-state index in [0.29, 0.717) is 9.35 Å². The van der Waals surface area contributed by atoms with Crippen LogP contribution in [0, 0.1) is 12.7 Å². The number of rotatable bonds is 3. The molecule has 0 aliphatic carbocycles. The molecule has 0 atom stereocenters. The summed E-state index contributed by atoms with van der Waals surface area (Å²) in [6.45, 7) is 1.90. The molecule has 2 heterocycles. The number of para-hydroxylation sites is 1. The number of nitrogens with zero attached hydrogens (tertiary/aromatic N) is 2. The maximum absolute atomic E-state index is 13.2. The molecule has 0 fully saturated rings. The number of carbonyl (C=O) groups is 1. The Morgan fingerprint density at radius 1 is 1.19 bits per heavy atom. The third-order valence-electron chi connectivity index (χ3n) is 3.84. The van der Waals surface area contributed by atoms with Gasteiger partial charge >= 0.3 is 5.97 Å². The van der Waals surface area contributed by atoms with Crippen molar-refractivity contribution in [3.05, 3.63) is 75.5 Å². The highest BCUT2D eigenvalue weighted by Gasteiger charge is 2.19. The summed E-state index contributed by atoms with van der Waals surface area (Å²) < 4.78 is 20.8. The van der Waals surface area contributed by atoms with Gasteiger partial charge in [0.15, 0.2) is 0 Å². The molecule has 130 valence electrons. The van der Waals surface area contributed by atoms with Gasteiger partial charge in [0.05, 0.1) is 15.9 Å². The van der Waals surface area contributed by atoms with Crippen LogP contribution in [0.4, 0.5) is 4.39 Å². The van der Waals surface area contributed by atoms with Gasteiger partial charge in [-0.3, -0.25) is 0 Å². The van der Waals surface area contributed by atoms with Crippen LogP contribution in [0.25, 0.3) is 15.9 Å². The van der Waals surface area contributed by atoms with Crippen molar-refractivity contribution in [2.45, 2.75) is 6.92 Å². The van der Waals surface area contributed by atoms with Gasteiger partial charge in [0, 0.05) is 5.39 Å². The Bertz CT molecular complexity index is 1120. The van der Waals surface area contributed by atoms with Crippen molar-refractivity contribution in [2.75, 3.05) is 0 Å². The molecule has 0 aliphatic rings. The fraction of sp³-hybridized carbons (Fsp3) is 0.0526. The average molecular weight is 431 g/mol. The summed E-state index contributed by atoms with van der Waals surface area (Å²) in [5.74, 6) is -0.620. The van der Waals surface area contributed by atoms with Gasteiger partial charge < -0.3 is 4.74 Å². The van der Waals surface area contributed by atoms with Crippen LogP contribution in [-0.2, 0) is 0 Å². The van der Waals surface area contributed by atoms with Gasteiger partial charge in [-0.1, -0.05) is 18.2 Å². The van der Waals surface area contributed by atoms with E-state index in [2.05, 4.69) is 21.0 Å². The topological polar surface area (TPSA) is 44.1 Å². The van der Waals surface area contributed by atoms with Gasteiger partial charge in [0.2, 0.25) is 0 Å². The summed E-state index contributed by atoms with van der Waals surface area (Å²) >= 11 is 4.51. The van der Waals surface area contributed by atoms with E-state index in [-0.39, 0.29) is 5.75 Å². The zero-order chi connectivity index (χ0) is 18.3. The highest BCUT2D eigenvalue weighted by Crippen LogP contribution is 2.32. The molecule has 0 bridgehead atoms. The fourth-order valence-electron chi connectivity index (χ4n) is 2.60. The normalized spacial score (nSPS) is 11.0. The maximum Gasteiger partial charge on any atom is 0.353 e. The molecule has 0 saturated heterocycles. The van der Waals surface area contributed by atoms with Crippen LogP contribution >= 0.6 is 27.3 Å². The standard InChI is InChI=1S/C19H12BrFN2O2S/c1-11-14-10-17(19(24)25-16-8-7-12(21)9-15(16)20)26-18(14)23(22-11)13-5-3-2-4-6-13/h2-10H,1H3. The molecule has 7 heteroatoms. The van der Waals surface area contributed by atoms with Crippen LogP contribution in [-0.4, -0.2) is 15.7 Å². The summed E-state index contributed by atoms with van der Waals surface area (Å²) in [4.78, 5) is 13.9. The molecule has 0 spiro atoms. The maximum atomic E-state index is 13.2. The van der Waals surface area contributed by atoms with Crippen LogP contribution in [0.3, 0.4) is 0 Å². The molecule has 4 nitrogen and oxygen atoms in total. The molecule has 4 rings (SSSR count). The second kappa shape index (κ2) is 6.66. The van der Waals surface area contributed by atoms with Crippen molar-refractivity contribution in [2.24, 2.45) is 0 Å². The summed E-state index contributed by atoms with van der Waals surface area (Å²) in [5.41, 5.74) is 1.76. The summed E-state index contributed by atoms with van der Waals surface area (Å²) in [7, 11) is 0. The fourth-order valence-corrected chi connectivity index (χ4v) is 4.09. The van der Waals surface area contributed by atoms with E-state index < -0.39 is 11.8 Å². The number of fused-ring (bicyclic) bond motifs is 1. The van der Waals surface area contributed by atoms with Crippen molar-refractivity contribution in [3.8, 4) is 11.4 Å². The molecule has 0 unspecified atom stereocenters. The zero-order valence-electron chi connectivity index (χ0n) is 13.6. The lowest BCUT2D eigenvalue weighted by atomic mass is 10.3. The number of hydrogen-bond acceptors (Lipinski definition) is 4. The number of thiophene rings is 1. The first-order valence-electron chi connectivity index (χ1n) is 7.75. The second-order valence-electron chi connectivity index (χ2n) is 5.63. The first kappa shape index (κ1) is 16.9. The van der Waals surface area contributed by atoms with E-state index >= 15 is 0 Å². The highest BCUT2D eigenvalue weighted by molar-refractivity contribution is 9.10. The average Bonchev–Trinajstić information content (AvgIpc) is 3.19. The van der Waals surface area contributed by atoms with Crippen molar-refractivity contribution < 1.29 is 13.9 Å². The molecular weight excluding hydrogens is 419 g/mol. The Labute approximate surface area is 161 Å². The minimum absolute atomic E-state index is 0.273. The number of halogens is 2. The number of benzene rings is 2. The second-order valence-corrected chi connectivity index (χ2v) is 7.51. The Balaban J connectivity index is 1.70. The number of esters is 1. The van der Waals surface area contributed by atoms with Crippen molar-refractivity contribution in [1.29, 1.82) is 0 Å². The molecule has 2 aromatic carbocycles. The van der Waals surface area contributed by atoms with Crippen molar-refractivity contribution in [3.63, 3.8) is 0 Å². The molecule has 0 radical (unpaired) electrons. The van der Waals surface area contributed by atoms with E-state index in [4.69, 9.17) is 4.74 Å². The minimum Gasteiger partial charge on any atom is -0.421 e. The molecule has 0 aliphatic heterocycles. The molecule has 26 heavy (non-hydrogen) atoms. The smallest absolute Gasteiger partial charge is 0.353 e. The number of ether oxygens (including phenoxy) is 1. The van der Waals surface area contributed by atoms with E-state index in [0.717, 1.165) is 21.6 Å². The SMILES string of the molecule is Cc1nn(-c2ccccc2)c2sc(C(=O)Oc3ccc(F)cc3Br)cc12. The third-order valence-corrected chi connectivity index (χ3v) is 5.55. The van der Waals surface area contributed by atoms with Gasteiger partial charge in [-0.05, 0) is 59.3 Å².